The quantitative estimate of drug-likeness (QED) is 0.807. The Hall–Kier alpha value is -1.85. The molecule has 1 amide bonds. The summed E-state index contributed by atoms with van der Waals surface area (Å²) in [5, 5.41) is 12.0. The van der Waals surface area contributed by atoms with Gasteiger partial charge in [0.2, 0.25) is 5.91 Å². The minimum Gasteiger partial charge on any atom is -0.392 e. The Labute approximate surface area is 127 Å². The van der Waals surface area contributed by atoms with Crippen molar-refractivity contribution in [3.63, 3.8) is 0 Å². The summed E-state index contributed by atoms with van der Waals surface area (Å²) in [7, 11) is 0. The molecule has 3 nitrogen and oxygen atoms in total. The van der Waals surface area contributed by atoms with E-state index in [2.05, 4.69) is 5.32 Å². The number of carbonyl (C=O) groups excluding carboxylic acids is 1. The number of amides is 1. The Morgan fingerprint density at radius 2 is 1.76 bits per heavy atom. The number of aliphatic hydroxyl groups excluding tert-OH is 1. The molecule has 0 unspecified atom stereocenters. The Morgan fingerprint density at radius 1 is 1.10 bits per heavy atom. The molecule has 0 saturated carbocycles. The normalized spacial score (nSPS) is 10.4. The van der Waals surface area contributed by atoms with Crippen molar-refractivity contribution in [2.75, 3.05) is 5.75 Å². The zero-order valence-electron chi connectivity index (χ0n) is 11.4. The van der Waals surface area contributed by atoms with Crippen molar-refractivity contribution >= 4 is 17.7 Å². The molecule has 2 rings (SSSR count). The fraction of sp³-hybridized carbons (Fsp3) is 0.188. The van der Waals surface area contributed by atoms with E-state index < -0.39 is 0 Å². The summed E-state index contributed by atoms with van der Waals surface area (Å²) in [6, 6.07) is 13.7. The molecule has 0 aliphatic carbocycles. The first-order chi connectivity index (χ1) is 10.2. The molecule has 5 heteroatoms. The number of thioether (sulfide) groups is 1. The summed E-state index contributed by atoms with van der Waals surface area (Å²) in [5.74, 6) is -0.334. The molecular weight excluding hydrogens is 289 g/mol. The summed E-state index contributed by atoms with van der Waals surface area (Å²) >= 11 is 1.16. The van der Waals surface area contributed by atoms with E-state index >= 15 is 0 Å². The summed E-state index contributed by atoms with van der Waals surface area (Å²) in [6.45, 7) is 0.295. The smallest absolute Gasteiger partial charge is 0.230 e. The van der Waals surface area contributed by atoms with Crippen LogP contribution in [-0.4, -0.2) is 16.8 Å². The standard InChI is InChI=1S/C16H16FNO2S/c17-14-7-3-4-8-15(14)21-11-16(20)18-9-12-5-1-2-6-13(12)10-19/h1-8,19H,9-11H2,(H,18,20). The summed E-state index contributed by atoms with van der Waals surface area (Å²) in [5.41, 5.74) is 1.67. The summed E-state index contributed by atoms with van der Waals surface area (Å²) in [4.78, 5) is 12.2. The molecule has 21 heavy (non-hydrogen) atoms. The monoisotopic (exact) mass is 305 g/mol. The van der Waals surface area contributed by atoms with E-state index in [0.29, 0.717) is 11.4 Å². The highest BCUT2D eigenvalue weighted by Gasteiger charge is 2.07. The fourth-order valence-electron chi connectivity index (χ4n) is 1.83. The minimum absolute atomic E-state index is 0.0595. The second-order valence-electron chi connectivity index (χ2n) is 4.42. The first kappa shape index (κ1) is 15.5. The molecule has 0 aromatic heterocycles. The van der Waals surface area contributed by atoms with Crippen molar-refractivity contribution < 1.29 is 14.3 Å². The maximum atomic E-state index is 13.4. The van der Waals surface area contributed by atoms with Gasteiger partial charge in [0, 0.05) is 11.4 Å². The highest BCUT2D eigenvalue weighted by atomic mass is 32.2. The third-order valence-corrected chi connectivity index (χ3v) is 4.01. The average molecular weight is 305 g/mol. The van der Waals surface area contributed by atoms with E-state index in [4.69, 9.17) is 0 Å². The van der Waals surface area contributed by atoms with Gasteiger partial charge in [0.1, 0.15) is 5.82 Å². The number of halogens is 1. The Morgan fingerprint density at radius 3 is 2.48 bits per heavy atom. The third kappa shape index (κ3) is 4.58. The maximum absolute atomic E-state index is 13.4. The van der Waals surface area contributed by atoms with Crippen LogP contribution in [0.25, 0.3) is 0 Å². The lowest BCUT2D eigenvalue weighted by molar-refractivity contribution is -0.118. The Kier molecular flexibility index (Phi) is 5.78. The predicted octanol–water partition coefficient (Wildman–Crippen LogP) is 2.73. The number of hydrogen-bond acceptors (Lipinski definition) is 3. The number of benzene rings is 2. The molecule has 0 bridgehead atoms. The largest absolute Gasteiger partial charge is 0.392 e. The molecule has 110 valence electrons. The zero-order chi connectivity index (χ0) is 15.1. The van der Waals surface area contributed by atoms with Crippen molar-refractivity contribution in [1.29, 1.82) is 0 Å². The molecule has 2 aromatic rings. The van der Waals surface area contributed by atoms with E-state index in [1.54, 1.807) is 18.2 Å². The average Bonchev–Trinajstić information content (AvgIpc) is 2.52. The van der Waals surface area contributed by atoms with Gasteiger partial charge in [-0.25, -0.2) is 4.39 Å². The minimum atomic E-state index is -0.319. The van der Waals surface area contributed by atoms with Crippen LogP contribution in [0.2, 0.25) is 0 Å². The van der Waals surface area contributed by atoms with Gasteiger partial charge in [0.05, 0.1) is 12.4 Å². The Bertz CT molecular complexity index is 619. The van der Waals surface area contributed by atoms with Gasteiger partial charge < -0.3 is 10.4 Å². The van der Waals surface area contributed by atoms with E-state index in [1.807, 2.05) is 24.3 Å². The van der Waals surface area contributed by atoms with E-state index in [0.717, 1.165) is 22.9 Å². The van der Waals surface area contributed by atoms with Gasteiger partial charge in [-0.15, -0.1) is 11.8 Å². The van der Waals surface area contributed by atoms with Crippen LogP contribution >= 0.6 is 11.8 Å². The third-order valence-electron chi connectivity index (χ3n) is 2.96. The lowest BCUT2D eigenvalue weighted by Crippen LogP contribution is -2.25. The lowest BCUT2D eigenvalue weighted by atomic mass is 10.1. The van der Waals surface area contributed by atoms with Gasteiger partial charge in [-0.2, -0.15) is 0 Å². The number of hydrogen-bond donors (Lipinski definition) is 2. The fourth-order valence-corrected chi connectivity index (χ4v) is 2.60. The van der Waals surface area contributed by atoms with E-state index in [-0.39, 0.29) is 24.1 Å². The van der Waals surface area contributed by atoms with E-state index in [9.17, 15) is 14.3 Å². The summed E-state index contributed by atoms with van der Waals surface area (Å²) in [6.07, 6.45) is 0. The first-order valence-corrected chi connectivity index (χ1v) is 7.51. The van der Waals surface area contributed by atoms with Gasteiger partial charge >= 0.3 is 0 Å². The van der Waals surface area contributed by atoms with Crippen molar-refractivity contribution in [1.82, 2.24) is 5.32 Å². The number of aliphatic hydroxyl groups is 1. The zero-order valence-corrected chi connectivity index (χ0v) is 12.2. The highest BCUT2D eigenvalue weighted by molar-refractivity contribution is 8.00. The lowest BCUT2D eigenvalue weighted by Gasteiger charge is -2.09. The van der Waals surface area contributed by atoms with Crippen molar-refractivity contribution in [3.8, 4) is 0 Å². The second-order valence-corrected chi connectivity index (χ2v) is 5.44. The van der Waals surface area contributed by atoms with Crippen LogP contribution < -0.4 is 5.32 Å². The van der Waals surface area contributed by atoms with Gasteiger partial charge in [0.25, 0.3) is 0 Å². The van der Waals surface area contributed by atoms with Crippen LogP contribution in [0.4, 0.5) is 4.39 Å². The van der Waals surface area contributed by atoms with Crippen molar-refractivity contribution in [2.24, 2.45) is 0 Å². The SMILES string of the molecule is O=C(CSc1ccccc1F)NCc1ccccc1CO. The first-order valence-electron chi connectivity index (χ1n) is 6.52. The van der Waals surface area contributed by atoms with Crippen LogP contribution in [0.15, 0.2) is 53.4 Å². The van der Waals surface area contributed by atoms with Gasteiger partial charge in [-0.1, -0.05) is 36.4 Å². The number of rotatable bonds is 6. The number of carbonyl (C=O) groups is 1. The van der Waals surface area contributed by atoms with Crippen molar-refractivity contribution in [3.05, 3.63) is 65.5 Å². The molecule has 0 fully saturated rings. The molecule has 0 heterocycles. The molecule has 0 radical (unpaired) electrons. The van der Waals surface area contributed by atoms with Crippen LogP contribution in [0.5, 0.6) is 0 Å². The van der Waals surface area contributed by atoms with E-state index in [1.165, 1.54) is 6.07 Å². The van der Waals surface area contributed by atoms with Gasteiger partial charge in [-0.3, -0.25) is 4.79 Å². The predicted molar refractivity (Wildman–Crippen MR) is 81.3 cm³/mol. The van der Waals surface area contributed by atoms with Gasteiger partial charge in [0.15, 0.2) is 0 Å². The summed E-state index contributed by atoms with van der Waals surface area (Å²) < 4.78 is 13.4. The van der Waals surface area contributed by atoms with Crippen LogP contribution in [-0.2, 0) is 17.9 Å². The molecular formula is C16H16FNO2S. The van der Waals surface area contributed by atoms with Gasteiger partial charge in [-0.05, 0) is 23.3 Å². The van der Waals surface area contributed by atoms with Crippen LogP contribution in [0, 0.1) is 5.82 Å². The van der Waals surface area contributed by atoms with Crippen molar-refractivity contribution in [2.45, 2.75) is 18.0 Å². The molecule has 0 aliphatic heterocycles. The highest BCUT2D eigenvalue weighted by Crippen LogP contribution is 2.20. The molecule has 0 saturated heterocycles. The molecule has 0 atom stereocenters. The molecule has 0 spiro atoms. The second kappa shape index (κ2) is 7.81. The molecule has 2 aromatic carbocycles. The number of nitrogens with one attached hydrogen (secondary N) is 1. The van der Waals surface area contributed by atoms with Crippen LogP contribution in [0.3, 0.4) is 0 Å². The molecule has 0 aliphatic rings. The molecule has 2 N–H and O–H groups in total. The maximum Gasteiger partial charge on any atom is 0.230 e. The van der Waals surface area contributed by atoms with Crippen LogP contribution in [0.1, 0.15) is 11.1 Å². The topological polar surface area (TPSA) is 49.3 Å². The Balaban J connectivity index is 1.84.